The first-order valence-corrected chi connectivity index (χ1v) is 8.54. The zero-order valence-electron chi connectivity index (χ0n) is 13.0. The first-order valence-electron chi connectivity index (χ1n) is 7.37. The van der Waals surface area contributed by atoms with Gasteiger partial charge in [-0.25, -0.2) is 0 Å². The fourth-order valence-corrected chi connectivity index (χ4v) is 2.85. The van der Waals surface area contributed by atoms with Gasteiger partial charge in [0.15, 0.2) is 5.82 Å². The molecule has 4 nitrogen and oxygen atoms in total. The number of hydrogen-bond acceptors (Lipinski definition) is 2. The fraction of sp³-hybridized carbons (Fsp3) is 0.111. The molecule has 0 aliphatic rings. The lowest BCUT2D eigenvalue weighted by atomic mass is 10.1. The van der Waals surface area contributed by atoms with E-state index in [1.165, 1.54) is 0 Å². The Morgan fingerprint density at radius 3 is 2.71 bits per heavy atom. The van der Waals surface area contributed by atoms with Crippen molar-refractivity contribution in [1.29, 1.82) is 0 Å². The number of anilines is 1. The maximum atomic E-state index is 12.3. The summed E-state index contributed by atoms with van der Waals surface area (Å²) in [7, 11) is 0. The van der Waals surface area contributed by atoms with Crippen molar-refractivity contribution in [3.8, 4) is 0 Å². The molecule has 0 aliphatic carbocycles. The van der Waals surface area contributed by atoms with E-state index in [0.29, 0.717) is 22.9 Å². The van der Waals surface area contributed by atoms with Gasteiger partial charge in [0.2, 0.25) is 0 Å². The van der Waals surface area contributed by atoms with Crippen molar-refractivity contribution in [1.82, 2.24) is 9.78 Å². The summed E-state index contributed by atoms with van der Waals surface area (Å²) >= 11 is 9.33. The van der Waals surface area contributed by atoms with Crippen LogP contribution in [-0.4, -0.2) is 15.7 Å². The van der Waals surface area contributed by atoms with Crippen LogP contribution >= 0.6 is 27.5 Å². The van der Waals surface area contributed by atoms with Crippen LogP contribution in [0.3, 0.4) is 0 Å². The summed E-state index contributed by atoms with van der Waals surface area (Å²) in [6.45, 7) is 2.55. The third-order valence-electron chi connectivity index (χ3n) is 3.49. The standard InChI is InChI=1S/C18H15BrClN3O/c1-12-3-2-4-14(9-12)18(24)21-17-16(19)11-23(22-17)10-13-5-7-15(20)8-6-13/h2-9,11H,10H2,1H3,(H,21,22,24). The van der Waals surface area contributed by atoms with E-state index in [9.17, 15) is 4.79 Å². The highest BCUT2D eigenvalue weighted by Gasteiger charge is 2.12. The first kappa shape index (κ1) is 16.7. The number of nitrogens with one attached hydrogen (secondary N) is 1. The number of halogens is 2. The molecule has 1 amide bonds. The van der Waals surface area contributed by atoms with Crippen molar-refractivity contribution in [2.45, 2.75) is 13.5 Å². The molecule has 0 atom stereocenters. The minimum absolute atomic E-state index is 0.184. The number of nitrogens with zero attached hydrogens (tertiary/aromatic N) is 2. The highest BCUT2D eigenvalue weighted by Crippen LogP contribution is 2.22. The molecule has 0 fully saturated rings. The number of aromatic nitrogens is 2. The summed E-state index contributed by atoms with van der Waals surface area (Å²) in [6.07, 6.45) is 1.83. The molecule has 3 rings (SSSR count). The topological polar surface area (TPSA) is 46.9 Å². The highest BCUT2D eigenvalue weighted by molar-refractivity contribution is 9.10. The van der Waals surface area contributed by atoms with Crippen molar-refractivity contribution < 1.29 is 4.79 Å². The van der Waals surface area contributed by atoms with Crippen LogP contribution in [0.1, 0.15) is 21.5 Å². The van der Waals surface area contributed by atoms with Gasteiger partial charge in [0.25, 0.3) is 5.91 Å². The quantitative estimate of drug-likeness (QED) is 0.672. The van der Waals surface area contributed by atoms with E-state index in [2.05, 4.69) is 26.3 Å². The van der Waals surface area contributed by atoms with E-state index in [4.69, 9.17) is 11.6 Å². The summed E-state index contributed by atoms with van der Waals surface area (Å²) in [5.74, 6) is 0.312. The van der Waals surface area contributed by atoms with Crippen molar-refractivity contribution in [2.24, 2.45) is 0 Å². The lowest BCUT2D eigenvalue weighted by Crippen LogP contribution is -2.13. The molecule has 0 unspecified atom stereocenters. The third kappa shape index (κ3) is 4.04. The zero-order valence-corrected chi connectivity index (χ0v) is 15.3. The molecule has 0 saturated carbocycles. The van der Waals surface area contributed by atoms with Crippen LogP contribution in [0, 0.1) is 6.92 Å². The summed E-state index contributed by atoms with van der Waals surface area (Å²) in [5.41, 5.74) is 2.72. The molecule has 0 saturated heterocycles. The molecule has 1 heterocycles. The summed E-state index contributed by atoms with van der Waals surface area (Å²) in [5, 5.41) is 7.95. The van der Waals surface area contributed by atoms with Crippen molar-refractivity contribution in [3.05, 3.63) is 80.9 Å². The Hall–Kier alpha value is -2.11. The molecule has 1 aromatic heterocycles. The number of rotatable bonds is 4. The van der Waals surface area contributed by atoms with Gasteiger partial charge in [-0.1, -0.05) is 41.4 Å². The normalized spacial score (nSPS) is 10.6. The molecule has 1 N–H and O–H groups in total. The maximum absolute atomic E-state index is 12.3. The van der Waals surface area contributed by atoms with Gasteiger partial charge >= 0.3 is 0 Å². The molecule has 122 valence electrons. The molecule has 0 bridgehead atoms. The minimum atomic E-state index is -0.184. The van der Waals surface area contributed by atoms with E-state index in [1.54, 1.807) is 10.7 Å². The van der Waals surface area contributed by atoms with Crippen LogP contribution in [0.15, 0.2) is 59.2 Å². The SMILES string of the molecule is Cc1cccc(C(=O)Nc2nn(Cc3ccc(Cl)cc3)cc2Br)c1. The van der Waals surface area contributed by atoms with E-state index < -0.39 is 0 Å². The molecular formula is C18H15BrClN3O. The minimum Gasteiger partial charge on any atom is -0.304 e. The first-order chi connectivity index (χ1) is 11.5. The monoisotopic (exact) mass is 403 g/mol. The number of carbonyl (C=O) groups is 1. The Kier molecular flexibility index (Phi) is 5.02. The molecule has 0 spiro atoms. The van der Waals surface area contributed by atoms with Crippen LogP contribution in [0.4, 0.5) is 5.82 Å². The largest absolute Gasteiger partial charge is 0.304 e. The maximum Gasteiger partial charge on any atom is 0.256 e. The molecule has 2 aromatic carbocycles. The van der Waals surface area contributed by atoms with Crippen LogP contribution in [0.5, 0.6) is 0 Å². The van der Waals surface area contributed by atoms with E-state index in [0.717, 1.165) is 15.6 Å². The number of aryl methyl sites for hydroxylation is 1. The second-order valence-electron chi connectivity index (χ2n) is 5.47. The van der Waals surface area contributed by atoms with E-state index in [1.807, 2.05) is 55.6 Å². The van der Waals surface area contributed by atoms with Crippen molar-refractivity contribution in [3.63, 3.8) is 0 Å². The van der Waals surface area contributed by atoms with E-state index >= 15 is 0 Å². The van der Waals surface area contributed by atoms with Gasteiger partial charge in [-0.15, -0.1) is 0 Å². The molecule has 0 aliphatic heterocycles. The van der Waals surface area contributed by atoms with Crippen LogP contribution in [0.2, 0.25) is 5.02 Å². The molecule has 3 aromatic rings. The van der Waals surface area contributed by atoms with Crippen LogP contribution in [0.25, 0.3) is 0 Å². The third-order valence-corrected chi connectivity index (χ3v) is 4.32. The van der Waals surface area contributed by atoms with Crippen molar-refractivity contribution >= 4 is 39.3 Å². The van der Waals surface area contributed by atoms with Gasteiger partial charge < -0.3 is 5.32 Å². The fourth-order valence-electron chi connectivity index (χ4n) is 2.31. The molecular weight excluding hydrogens is 390 g/mol. The Labute approximate surface area is 153 Å². The summed E-state index contributed by atoms with van der Waals surface area (Å²) in [6, 6.07) is 15.0. The Morgan fingerprint density at radius 2 is 2.00 bits per heavy atom. The number of amides is 1. The number of carbonyl (C=O) groups excluding carboxylic acids is 1. The van der Waals surface area contributed by atoms with Gasteiger partial charge in [0.05, 0.1) is 11.0 Å². The Morgan fingerprint density at radius 1 is 1.25 bits per heavy atom. The summed E-state index contributed by atoms with van der Waals surface area (Å²) < 4.78 is 2.50. The van der Waals surface area contributed by atoms with Crippen LogP contribution < -0.4 is 5.32 Å². The lowest BCUT2D eigenvalue weighted by molar-refractivity contribution is 0.102. The second-order valence-corrected chi connectivity index (χ2v) is 6.76. The van der Waals surface area contributed by atoms with Gasteiger partial charge in [-0.3, -0.25) is 9.48 Å². The average Bonchev–Trinajstić information content (AvgIpc) is 2.89. The van der Waals surface area contributed by atoms with Crippen molar-refractivity contribution in [2.75, 3.05) is 5.32 Å². The van der Waals surface area contributed by atoms with E-state index in [-0.39, 0.29) is 5.91 Å². The Bertz CT molecular complexity index is 874. The van der Waals surface area contributed by atoms with Gasteiger partial charge in [0.1, 0.15) is 0 Å². The highest BCUT2D eigenvalue weighted by atomic mass is 79.9. The zero-order chi connectivity index (χ0) is 17.1. The average molecular weight is 405 g/mol. The molecule has 24 heavy (non-hydrogen) atoms. The Balaban J connectivity index is 1.74. The van der Waals surface area contributed by atoms with Gasteiger partial charge in [-0.2, -0.15) is 5.10 Å². The molecule has 0 radical (unpaired) electrons. The predicted molar refractivity (Wildman–Crippen MR) is 99.6 cm³/mol. The van der Waals surface area contributed by atoms with Crippen LogP contribution in [-0.2, 0) is 6.54 Å². The number of hydrogen-bond donors (Lipinski definition) is 1. The second kappa shape index (κ2) is 7.20. The predicted octanol–water partition coefficient (Wildman–Crippen LogP) is 4.91. The molecule has 6 heteroatoms. The van der Waals surface area contributed by atoms with Gasteiger partial charge in [0, 0.05) is 16.8 Å². The number of benzene rings is 2. The lowest BCUT2D eigenvalue weighted by Gasteiger charge is -2.04. The van der Waals surface area contributed by atoms with Gasteiger partial charge in [-0.05, 0) is 52.7 Å². The summed E-state index contributed by atoms with van der Waals surface area (Å²) in [4.78, 5) is 12.3. The smallest absolute Gasteiger partial charge is 0.256 e.